The monoisotopic (exact) mass is 377 g/mol. The Morgan fingerprint density at radius 2 is 1.96 bits per heavy atom. The lowest BCUT2D eigenvalue weighted by Gasteiger charge is -2.09. The van der Waals surface area contributed by atoms with E-state index in [4.69, 9.17) is 9.47 Å². The molecule has 0 spiro atoms. The van der Waals surface area contributed by atoms with Gasteiger partial charge in [0.15, 0.2) is 0 Å². The second-order valence-electron chi connectivity index (χ2n) is 5.96. The van der Waals surface area contributed by atoms with Crippen LogP contribution in [0.2, 0.25) is 0 Å². The van der Waals surface area contributed by atoms with Gasteiger partial charge in [-0.2, -0.15) is 0 Å². The third kappa shape index (κ3) is 4.75. The van der Waals surface area contributed by atoms with E-state index in [-0.39, 0.29) is 17.5 Å². The summed E-state index contributed by atoms with van der Waals surface area (Å²) in [4.78, 5) is 5.48. The van der Waals surface area contributed by atoms with Gasteiger partial charge in [0.25, 0.3) is 0 Å². The van der Waals surface area contributed by atoms with Crippen molar-refractivity contribution in [3.63, 3.8) is 0 Å². The fraction of sp³-hybridized carbons (Fsp3) is 0.350. The summed E-state index contributed by atoms with van der Waals surface area (Å²) >= 11 is 1.80. The van der Waals surface area contributed by atoms with E-state index in [1.165, 1.54) is 23.1 Å². The summed E-state index contributed by atoms with van der Waals surface area (Å²) in [7, 11) is 0. The van der Waals surface area contributed by atoms with E-state index in [9.17, 15) is 8.78 Å². The van der Waals surface area contributed by atoms with E-state index in [0.717, 1.165) is 17.9 Å². The predicted molar refractivity (Wildman–Crippen MR) is 100 cm³/mol. The zero-order chi connectivity index (χ0) is 18.4. The Hall–Kier alpha value is -2.08. The topological polar surface area (TPSA) is 30.8 Å². The Morgan fingerprint density at radius 1 is 1.19 bits per heavy atom. The molecule has 26 heavy (non-hydrogen) atoms. The maximum absolute atomic E-state index is 13.8. The lowest BCUT2D eigenvalue weighted by molar-refractivity contribution is 0.264. The molecule has 0 amide bonds. The number of thioether (sulfide) groups is 1. The van der Waals surface area contributed by atoms with Crippen LogP contribution in [0, 0.1) is 11.6 Å². The van der Waals surface area contributed by atoms with Gasteiger partial charge in [0.2, 0.25) is 5.90 Å². The van der Waals surface area contributed by atoms with Gasteiger partial charge in [0.05, 0.1) is 12.6 Å². The van der Waals surface area contributed by atoms with E-state index in [0.29, 0.717) is 19.6 Å². The average molecular weight is 377 g/mol. The summed E-state index contributed by atoms with van der Waals surface area (Å²) in [6.45, 7) is 2.92. The molecule has 0 bridgehead atoms. The third-order valence-corrected chi connectivity index (χ3v) is 5.09. The lowest BCUT2D eigenvalue weighted by Crippen LogP contribution is -2.11. The van der Waals surface area contributed by atoms with Crippen LogP contribution in [-0.4, -0.2) is 30.9 Å². The fourth-order valence-corrected chi connectivity index (χ4v) is 3.40. The van der Waals surface area contributed by atoms with E-state index in [2.05, 4.69) is 18.0 Å². The van der Waals surface area contributed by atoms with Gasteiger partial charge in [0, 0.05) is 11.3 Å². The van der Waals surface area contributed by atoms with Crippen molar-refractivity contribution in [2.24, 2.45) is 4.99 Å². The Labute approximate surface area is 156 Å². The molecule has 138 valence electrons. The van der Waals surface area contributed by atoms with Gasteiger partial charge in [-0.3, -0.25) is 0 Å². The zero-order valence-corrected chi connectivity index (χ0v) is 15.4. The molecule has 1 atom stereocenters. The summed E-state index contributed by atoms with van der Waals surface area (Å²) in [5.74, 6) is 0.592. The van der Waals surface area contributed by atoms with Crippen LogP contribution in [0.25, 0.3) is 0 Å². The smallest absolute Gasteiger partial charge is 0.222 e. The maximum Gasteiger partial charge on any atom is 0.222 e. The number of hydrogen-bond acceptors (Lipinski definition) is 4. The number of nitrogens with zero attached hydrogens (tertiary/aromatic N) is 1. The first-order valence-electron chi connectivity index (χ1n) is 8.68. The first-order valence-corrected chi connectivity index (χ1v) is 9.66. The first kappa shape index (κ1) is 18.7. The third-order valence-electron chi connectivity index (χ3n) is 3.89. The summed E-state index contributed by atoms with van der Waals surface area (Å²) in [5, 5.41) is 0. The number of hydrogen-bond donors (Lipinski definition) is 0. The molecule has 0 N–H and O–H groups in total. The van der Waals surface area contributed by atoms with Crippen LogP contribution in [0.15, 0.2) is 52.4 Å². The van der Waals surface area contributed by atoms with Crippen LogP contribution in [0.3, 0.4) is 0 Å². The van der Waals surface area contributed by atoms with Crippen LogP contribution in [0.4, 0.5) is 8.78 Å². The highest BCUT2D eigenvalue weighted by Gasteiger charge is 2.24. The SMILES string of the molecule is CCCSc1cccc(OCCC2COC(c3c(F)cccc3F)=N2)c1. The van der Waals surface area contributed by atoms with E-state index in [1.54, 1.807) is 11.8 Å². The summed E-state index contributed by atoms with van der Waals surface area (Å²) in [5.41, 5.74) is -0.198. The number of halogens is 2. The molecule has 2 aromatic rings. The fourth-order valence-electron chi connectivity index (χ4n) is 2.59. The van der Waals surface area contributed by atoms with E-state index >= 15 is 0 Å². The molecule has 6 heteroatoms. The molecule has 3 nitrogen and oxygen atoms in total. The van der Waals surface area contributed by atoms with Crippen LogP contribution >= 0.6 is 11.8 Å². The van der Waals surface area contributed by atoms with Gasteiger partial charge < -0.3 is 9.47 Å². The van der Waals surface area contributed by atoms with Crippen molar-refractivity contribution in [2.75, 3.05) is 19.0 Å². The van der Waals surface area contributed by atoms with Crippen molar-refractivity contribution >= 4 is 17.7 Å². The second-order valence-corrected chi connectivity index (χ2v) is 7.12. The molecule has 0 saturated carbocycles. The molecule has 0 aliphatic carbocycles. The Bertz CT molecular complexity index is 762. The lowest BCUT2D eigenvalue weighted by atomic mass is 10.2. The largest absolute Gasteiger partial charge is 0.493 e. The van der Waals surface area contributed by atoms with Crippen LogP contribution < -0.4 is 4.74 Å². The summed E-state index contributed by atoms with van der Waals surface area (Å²) < 4.78 is 38.8. The molecule has 1 aliphatic rings. The van der Waals surface area contributed by atoms with Gasteiger partial charge in [0.1, 0.15) is 29.6 Å². The molecule has 3 rings (SSSR count). The highest BCUT2D eigenvalue weighted by atomic mass is 32.2. The quantitative estimate of drug-likeness (QED) is 0.601. The average Bonchev–Trinajstić information content (AvgIpc) is 3.09. The molecule has 0 saturated heterocycles. The minimum atomic E-state index is -0.665. The molecule has 0 fully saturated rings. The van der Waals surface area contributed by atoms with Crippen molar-refractivity contribution in [1.82, 2.24) is 0 Å². The molecule has 1 aliphatic heterocycles. The normalized spacial score (nSPS) is 16.3. The van der Waals surface area contributed by atoms with E-state index < -0.39 is 11.6 Å². The Kier molecular flexibility index (Phi) is 6.50. The number of aliphatic imine (C=N–C) groups is 1. The predicted octanol–water partition coefficient (Wildman–Crippen LogP) is 5.08. The minimum absolute atomic E-state index is 0.0311. The molecule has 0 aromatic heterocycles. The zero-order valence-electron chi connectivity index (χ0n) is 14.6. The minimum Gasteiger partial charge on any atom is -0.493 e. The Balaban J connectivity index is 1.54. The number of rotatable bonds is 8. The van der Waals surface area contributed by atoms with E-state index in [1.807, 2.05) is 18.2 Å². The maximum atomic E-state index is 13.8. The Morgan fingerprint density at radius 3 is 2.73 bits per heavy atom. The van der Waals surface area contributed by atoms with Crippen molar-refractivity contribution in [2.45, 2.75) is 30.7 Å². The van der Waals surface area contributed by atoms with Crippen molar-refractivity contribution in [3.8, 4) is 5.75 Å². The molecular weight excluding hydrogens is 356 g/mol. The first-order chi connectivity index (χ1) is 12.7. The second kappa shape index (κ2) is 9.03. The number of benzene rings is 2. The molecule has 1 heterocycles. The van der Waals surface area contributed by atoms with Crippen LogP contribution in [0.5, 0.6) is 5.75 Å². The highest BCUT2D eigenvalue weighted by Crippen LogP contribution is 2.24. The van der Waals surface area contributed by atoms with Crippen molar-refractivity contribution in [1.29, 1.82) is 0 Å². The standard InChI is InChI=1S/C20H21F2NO2S/c1-2-11-26-16-6-3-5-15(12-16)24-10-9-14-13-25-20(23-14)19-17(21)7-4-8-18(19)22/h3-8,12,14H,2,9-11,13H2,1H3. The van der Waals surface area contributed by atoms with Crippen LogP contribution in [-0.2, 0) is 4.74 Å². The number of ether oxygens (including phenoxy) is 2. The van der Waals surface area contributed by atoms with Gasteiger partial charge in [-0.15, -0.1) is 11.8 Å². The van der Waals surface area contributed by atoms with Crippen LogP contribution in [0.1, 0.15) is 25.3 Å². The molecular formula is C20H21F2NO2S. The van der Waals surface area contributed by atoms with Gasteiger partial charge in [-0.05, 0) is 42.5 Å². The van der Waals surface area contributed by atoms with Gasteiger partial charge >= 0.3 is 0 Å². The summed E-state index contributed by atoms with van der Waals surface area (Å²) in [6, 6.07) is 11.5. The highest BCUT2D eigenvalue weighted by molar-refractivity contribution is 7.99. The van der Waals surface area contributed by atoms with Crippen molar-refractivity contribution < 1.29 is 18.3 Å². The van der Waals surface area contributed by atoms with Crippen molar-refractivity contribution in [3.05, 3.63) is 59.7 Å². The molecule has 0 radical (unpaired) electrons. The summed E-state index contributed by atoms with van der Waals surface area (Å²) in [6.07, 6.45) is 1.74. The molecule has 2 aromatic carbocycles. The van der Waals surface area contributed by atoms with Gasteiger partial charge in [-0.1, -0.05) is 19.1 Å². The molecule has 1 unspecified atom stereocenters. The van der Waals surface area contributed by atoms with Gasteiger partial charge in [-0.25, -0.2) is 13.8 Å².